The van der Waals surface area contributed by atoms with Crippen LogP contribution in [0.3, 0.4) is 0 Å². The summed E-state index contributed by atoms with van der Waals surface area (Å²) in [5, 5.41) is 14.7. The highest BCUT2D eigenvalue weighted by molar-refractivity contribution is 7.17. The molecule has 0 saturated heterocycles. The molecule has 1 aromatic heterocycles. The van der Waals surface area contributed by atoms with Crippen molar-refractivity contribution in [3.05, 3.63) is 35.2 Å². The summed E-state index contributed by atoms with van der Waals surface area (Å²) in [6, 6.07) is 6.49. The molecule has 2 rings (SSSR count). The molecule has 0 fully saturated rings. The lowest BCUT2D eigenvalue weighted by molar-refractivity contribution is -0.139. The predicted octanol–water partition coefficient (Wildman–Crippen LogP) is 3.13. The van der Waals surface area contributed by atoms with E-state index in [2.05, 4.69) is 5.32 Å². The molecule has 0 radical (unpaired) electrons. The third-order valence-corrected chi connectivity index (χ3v) is 3.92. The van der Waals surface area contributed by atoms with Gasteiger partial charge in [0.15, 0.2) is 0 Å². The van der Waals surface area contributed by atoms with Crippen molar-refractivity contribution in [2.45, 2.75) is 26.3 Å². The van der Waals surface area contributed by atoms with Gasteiger partial charge in [0, 0.05) is 10.3 Å². The smallest absolute Gasteiger partial charge is 0.326 e. The Morgan fingerprint density at radius 3 is 2.70 bits per heavy atom. The third kappa shape index (κ3) is 3.36. The van der Waals surface area contributed by atoms with Gasteiger partial charge in [0.2, 0.25) is 0 Å². The van der Waals surface area contributed by atoms with Gasteiger partial charge < -0.3 is 10.4 Å². The number of hydrogen-bond acceptors (Lipinski definition) is 3. The zero-order chi connectivity index (χ0) is 14.7. The van der Waals surface area contributed by atoms with E-state index < -0.39 is 12.0 Å². The van der Waals surface area contributed by atoms with Gasteiger partial charge in [-0.05, 0) is 47.4 Å². The average Bonchev–Trinajstić information content (AvgIpc) is 2.84. The van der Waals surface area contributed by atoms with Crippen molar-refractivity contribution in [2.24, 2.45) is 5.92 Å². The molecule has 20 heavy (non-hydrogen) atoms. The number of carbonyl (C=O) groups is 2. The number of hydrogen-bond donors (Lipinski definition) is 2. The van der Waals surface area contributed by atoms with Crippen molar-refractivity contribution < 1.29 is 14.7 Å². The number of carboxylic acid groups (broad SMARTS) is 1. The number of carbonyl (C=O) groups excluding carboxylic acids is 1. The van der Waals surface area contributed by atoms with E-state index in [-0.39, 0.29) is 11.8 Å². The van der Waals surface area contributed by atoms with Crippen molar-refractivity contribution in [3.63, 3.8) is 0 Å². The van der Waals surface area contributed by atoms with Gasteiger partial charge in [-0.3, -0.25) is 4.79 Å². The predicted molar refractivity (Wildman–Crippen MR) is 80.2 cm³/mol. The molecule has 5 heteroatoms. The first kappa shape index (κ1) is 14.5. The second-order valence-corrected chi connectivity index (χ2v) is 6.11. The molecule has 1 aromatic carbocycles. The average molecular weight is 291 g/mol. The third-order valence-electron chi connectivity index (χ3n) is 3.03. The Kier molecular flexibility index (Phi) is 4.39. The van der Waals surface area contributed by atoms with Crippen LogP contribution in [-0.2, 0) is 4.79 Å². The van der Waals surface area contributed by atoms with Crippen LogP contribution in [0.25, 0.3) is 10.1 Å². The molecular formula is C15H17NO3S. The van der Waals surface area contributed by atoms with Crippen LogP contribution in [0.1, 0.15) is 30.6 Å². The van der Waals surface area contributed by atoms with Crippen LogP contribution in [0, 0.1) is 5.92 Å². The monoisotopic (exact) mass is 291 g/mol. The van der Waals surface area contributed by atoms with Crippen molar-refractivity contribution in [1.29, 1.82) is 0 Å². The van der Waals surface area contributed by atoms with Gasteiger partial charge in [-0.25, -0.2) is 4.79 Å². The molecule has 1 heterocycles. The Morgan fingerprint density at radius 1 is 1.30 bits per heavy atom. The molecule has 4 nitrogen and oxygen atoms in total. The normalized spacial score (nSPS) is 12.6. The van der Waals surface area contributed by atoms with Crippen LogP contribution in [0.4, 0.5) is 0 Å². The van der Waals surface area contributed by atoms with Crippen molar-refractivity contribution in [2.75, 3.05) is 0 Å². The molecule has 0 spiro atoms. The molecule has 2 N–H and O–H groups in total. The number of fused-ring (bicyclic) bond motifs is 1. The minimum absolute atomic E-state index is 0.204. The Balaban J connectivity index is 2.15. The van der Waals surface area contributed by atoms with Crippen molar-refractivity contribution in [1.82, 2.24) is 5.32 Å². The second-order valence-electron chi connectivity index (χ2n) is 5.17. The maximum atomic E-state index is 12.1. The molecule has 2 aromatic rings. The van der Waals surface area contributed by atoms with Gasteiger partial charge in [-0.1, -0.05) is 13.8 Å². The van der Waals surface area contributed by atoms with Gasteiger partial charge in [0.05, 0.1) is 0 Å². The largest absolute Gasteiger partial charge is 0.480 e. The van der Waals surface area contributed by atoms with Crippen LogP contribution in [0.5, 0.6) is 0 Å². The molecule has 1 atom stereocenters. The zero-order valence-corrected chi connectivity index (χ0v) is 12.2. The number of rotatable bonds is 5. The molecule has 0 aliphatic rings. The Bertz CT molecular complexity index is 633. The quantitative estimate of drug-likeness (QED) is 0.889. The van der Waals surface area contributed by atoms with E-state index >= 15 is 0 Å². The highest BCUT2D eigenvalue weighted by Crippen LogP contribution is 2.21. The molecule has 0 aliphatic carbocycles. The van der Waals surface area contributed by atoms with E-state index in [1.807, 2.05) is 31.4 Å². The van der Waals surface area contributed by atoms with Crippen LogP contribution in [0.2, 0.25) is 0 Å². The maximum absolute atomic E-state index is 12.1. The Labute approximate surface area is 121 Å². The first-order valence-corrected chi connectivity index (χ1v) is 7.36. The van der Waals surface area contributed by atoms with Gasteiger partial charge in [0.1, 0.15) is 6.04 Å². The lowest BCUT2D eigenvalue weighted by Crippen LogP contribution is -2.41. The Hall–Kier alpha value is -1.88. The first-order valence-electron chi connectivity index (χ1n) is 6.48. The summed E-state index contributed by atoms with van der Waals surface area (Å²) in [4.78, 5) is 23.3. The second kappa shape index (κ2) is 6.05. The molecule has 0 saturated carbocycles. The highest BCUT2D eigenvalue weighted by atomic mass is 32.1. The van der Waals surface area contributed by atoms with Crippen molar-refractivity contribution in [3.8, 4) is 0 Å². The number of aliphatic carboxylic acids is 1. The minimum Gasteiger partial charge on any atom is -0.480 e. The number of thiophene rings is 1. The van der Waals surface area contributed by atoms with Crippen LogP contribution in [0.15, 0.2) is 29.6 Å². The van der Waals surface area contributed by atoms with Crippen LogP contribution >= 0.6 is 11.3 Å². The van der Waals surface area contributed by atoms with E-state index in [0.717, 1.165) is 10.1 Å². The van der Waals surface area contributed by atoms with Crippen LogP contribution < -0.4 is 5.32 Å². The fourth-order valence-corrected chi connectivity index (χ4v) is 2.81. The SMILES string of the molecule is CC(C)C[C@H](NC(=O)c1ccc2sccc2c1)C(=O)O. The molecule has 106 valence electrons. The zero-order valence-electron chi connectivity index (χ0n) is 11.4. The number of carboxylic acids is 1. The number of benzene rings is 1. The lowest BCUT2D eigenvalue weighted by Gasteiger charge is -2.16. The Morgan fingerprint density at radius 2 is 2.05 bits per heavy atom. The van der Waals surface area contributed by atoms with Gasteiger partial charge in [0.25, 0.3) is 5.91 Å². The summed E-state index contributed by atoms with van der Waals surface area (Å²) >= 11 is 1.61. The van der Waals surface area contributed by atoms with Gasteiger partial charge in [-0.15, -0.1) is 11.3 Å². The molecular weight excluding hydrogens is 274 g/mol. The van der Waals surface area contributed by atoms with E-state index in [4.69, 9.17) is 5.11 Å². The van der Waals surface area contributed by atoms with Gasteiger partial charge >= 0.3 is 5.97 Å². The number of nitrogens with one attached hydrogen (secondary N) is 1. The first-order chi connectivity index (χ1) is 9.47. The van der Waals surface area contributed by atoms with E-state index in [1.165, 1.54) is 0 Å². The summed E-state index contributed by atoms with van der Waals surface area (Å²) < 4.78 is 1.11. The van der Waals surface area contributed by atoms with E-state index in [9.17, 15) is 9.59 Å². The van der Waals surface area contributed by atoms with Gasteiger partial charge in [-0.2, -0.15) is 0 Å². The van der Waals surface area contributed by atoms with Crippen LogP contribution in [-0.4, -0.2) is 23.0 Å². The summed E-state index contributed by atoms with van der Waals surface area (Å²) in [5.74, 6) is -1.13. The summed E-state index contributed by atoms with van der Waals surface area (Å²) in [6.07, 6.45) is 0.418. The lowest BCUT2D eigenvalue weighted by atomic mass is 10.0. The summed E-state index contributed by atoms with van der Waals surface area (Å²) in [6.45, 7) is 3.86. The molecule has 0 bridgehead atoms. The highest BCUT2D eigenvalue weighted by Gasteiger charge is 2.21. The minimum atomic E-state index is -0.997. The fourth-order valence-electron chi connectivity index (χ4n) is 2.04. The van der Waals surface area contributed by atoms with Crippen molar-refractivity contribution >= 4 is 33.3 Å². The molecule has 1 amide bonds. The topological polar surface area (TPSA) is 66.4 Å². The maximum Gasteiger partial charge on any atom is 0.326 e. The summed E-state index contributed by atoms with van der Waals surface area (Å²) in [7, 11) is 0. The standard InChI is InChI=1S/C15H17NO3S/c1-9(2)7-12(15(18)19)16-14(17)11-3-4-13-10(8-11)5-6-20-13/h3-6,8-9,12H,7H2,1-2H3,(H,16,17)(H,18,19)/t12-/m0/s1. The molecule has 0 aliphatic heterocycles. The fraction of sp³-hybridized carbons (Fsp3) is 0.333. The summed E-state index contributed by atoms with van der Waals surface area (Å²) in [5.41, 5.74) is 0.492. The van der Waals surface area contributed by atoms with E-state index in [1.54, 1.807) is 23.5 Å². The molecule has 0 unspecified atom stereocenters. The van der Waals surface area contributed by atoms with E-state index in [0.29, 0.717) is 12.0 Å². The number of amides is 1.